The SMILES string of the molecule is CCOc1ccccc1-c1noc(COC(=O)[C@@H](NS(=O)(=O)c2ccc(OC)cc2)C(C)C)n1. The van der Waals surface area contributed by atoms with Crippen LogP contribution in [0.2, 0.25) is 0 Å². The molecule has 0 saturated heterocycles. The minimum Gasteiger partial charge on any atom is -0.497 e. The first-order chi connectivity index (χ1) is 16.2. The van der Waals surface area contributed by atoms with E-state index in [1.807, 2.05) is 19.1 Å². The van der Waals surface area contributed by atoms with Gasteiger partial charge in [-0.05, 0) is 49.2 Å². The Morgan fingerprint density at radius 3 is 2.47 bits per heavy atom. The first-order valence-electron chi connectivity index (χ1n) is 10.6. The maximum absolute atomic E-state index is 12.8. The van der Waals surface area contributed by atoms with Gasteiger partial charge in [-0.15, -0.1) is 0 Å². The lowest BCUT2D eigenvalue weighted by atomic mass is 10.1. The van der Waals surface area contributed by atoms with Gasteiger partial charge < -0.3 is 18.7 Å². The quantitative estimate of drug-likeness (QED) is 0.404. The summed E-state index contributed by atoms with van der Waals surface area (Å²) >= 11 is 0. The molecule has 182 valence electrons. The summed E-state index contributed by atoms with van der Waals surface area (Å²) < 4.78 is 49.0. The van der Waals surface area contributed by atoms with E-state index in [4.69, 9.17) is 18.7 Å². The van der Waals surface area contributed by atoms with Crippen LogP contribution in [0.5, 0.6) is 11.5 Å². The lowest BCUT2D eigenvalue weighted by molar-refractivity contribution is -0.148. The van der Waals surface area contributed by atoms with Crippen molar-refractivity contribution in [1.82, 2.24) is 14.9 Å². The van der Waals surface area contributed by atoms with Crippen LogP contribution in [-0.4, -0.2) is 44.3 Å². The molecule has 0 radical (unpaired) electrons. The van der Waals surface area contributed by atoms with Gasteiger partial charge in [-0.3, -0.25) is 4.79 Å². The summed E-state index contributed by atoms with van der Waals surface area (Å²) in [5, 5.41) is 3.92. The molecule has 0 saturated carbocycles. The van der Waals surface area contributed by atoms with Crippen LogP contribution < -0.4 is 14.2 Å². The third-order valence-corrected chi connectivity index (χ3v) is 6.26. The Morgan fingerprint density at radius 2 is 1.82 bits per heavy atom. The Kier molecular flexibility index (Phi) is 8.24. The van der Waals surface area contributed by atoms with E-state index in [0.29, 0.717) is 23.7 Å². The van der Waals surface area contributed by atoms with Crippen molar-refractivity contribution in [3.05, 3.63) is 54.4 Å². The van der Waals surface area contributed by atoms with E-state index >= 15 is 0 Å². The molecule has 3 rings (SSSR count). The van der Waals surface area contributed by atoms with Gasteiger partial charge in [0, 0.05) is 0 Å². The fourth-order valence-electron chi connectivity index (χ4n) is 3.02. The number of methoxy groups -OCH3 is 1. The maximum atomic E-state index is 12.8. The molecule has 0 fully saturated rings. The van der Waals surface area contributed by atoms with E-state index in [9.17, 15) is 13.2 Å². The van der Waals surface area contributed by atoms with Crippen LogP contribution in [-0.2, 0) is 26.2 Å². The number of benzene rings is 2. The van der Waals surface area contributed by atoms with E-state index < -0.39 is 22.0 Å². The zero-order chi connectivity index (χ0) is 24.7. The number of hydrogen-bond donors (Lipinski definition) is 1. The highest BCUT2D eigenvalue weighted by molar-refractivity contribution is 7.89. The Bertz CT molecular complexity index is 1210. The van der Waals surface area contributed by atoms with Gasteiger partial charge >= 0.3 is 5.97 Å². The highest BCUT2D eigenvalue weighted by atomic mass is 32.2. The second-order valence-electron chi connectivity index (χ2n) is 7.57. The minimum atomic E-state index is -3.97. The number of esters is 1. The van der Waals surface area contributed by atoms with Crippen molar-refractivity contribution < 1.29 is 31.9 Å². The van der Waals surface area contributed by atoms with Gasteiger partial charge in [-0.25, -0.2) is 8.42 Å². The van der Waals surface area contributed by atoms with Crippen LogP contribution in [0.1, 0.15) is 26.7 Å². The van der Waals surface area contributed by atoms with Crippen LogP contribution in [0.4, 0.5) is 0 Å². The summed E-state index contributed by atoms with van der Waals surface area (Å²) in [6.45, 7) is 5.44. The summed E-state index contributed by atoms with van der Waals surface area (Å²) in [7, 11) is -2.49. The lowest BCUT2D eigenvalue weighted by Crippen LogP contribution is -2.45. The highest BCUT2D eigenvalue weighted by Crippen LogP contribution is 2.27. The normalized spacial score (nSPS) is 12.4. The second-order valence-corrected chi connectivity index (χ2v) is 9.28. The van der Waals surface area contributed by atoms with Gasteiger partial charge in [0.1, 0.15) is 17.5 Å². The molecule has 0 aliphatic carbocycles. The number of carbonyl (C=O) groups is 1. The molecule has 11 heteroatoms. The van der Waals surface area contributed by atoms with Crippen molar-refractivity contribution in [2.45, 2.75) is 38.3 Å². The van der Waals surface area contributed by atoms with Crippen molar-refractivity contribution in [2.24, 2.45) is 5.92 Å². The predicted molar refractivity (Wildman–Crippen MR) is 123 cm³/mol. The zero-order valence-electron chi connectivity index (χ0n) is 19.3. The molecule has 3 aromatic rings. The number of nitrogens with one attached hydrogen (secondary N) is 1. The first kappa shape index (κ1) is 25.2. The number of rotatable bonds is 11. The van der Waals surface area contributed by atoms with Gasteiger partial charge in [-0.2, -0.15) is 9.71 Å². The number of sulfonamides is 1. The molecule has 0 unspecified atom stereocenters. The number of carbonyl (C=O) groups excluding carboxylic acids is 1. The van der Waals surface area contributed by atoms with Gasteiger partial charge in [0.05, 0.1) is 24.2 Å². The minimum absolute atomic E-state index is 0.00116. The average Bonchev–Trinajstić information content (AvgIpc) is 3.30. The van der Waals surface area contributed by atoms with Crippen LogP contribution in [0.3, 0.4) is 0 Å². The van der Waals surface area contributed by atoms with Crippen LogP contribution in [0.15, 0.2) is 57.9 Å². The highest BCUT2D eigenvalue weighted by Gasteiger charge is 2.30. The van der Waals surface area contributed by atoms with Crippen molar-refractivity contribution in [2.75, 3.05) is 13.7 Å². The molecular formula is C23H27N3O7S. The van der Waals surface area contributed by atoms with Crippen LogP contribution >= 0.6 is 0 Å². The summed E-state index contributed by atoms with van der Waals surface area (Å²) in [4.78, 5) is 17.0. The van der Waals surface area contributed by atoms with Gasteiger partial charge in [-0.1, -0.05) is 31.1 Å². The molecule has 0 aliphatic heterocycles. The molecule has 1 atom stereocenters. The van der Waals surface area contributed by atoms with E-state index in [1.165, 1.54) is 31.4 Å². The number of nitrogens with zero attached hydrogens (tertiary/aromatic N) is 2. The Balaban J connectivity index is 1.68. The van der Waals surface area contributed by atoms with E-state index in [1.54, 1.807) is 26.0 Å². The molecule has 0 bridgehead atoms. The van der Waals surface area contributed by atoms with Crippen molar-refractivity contribution in [3.63, 3.8) is 0 Å². The number of ether oxygens (including phenoxy) is 3. The average molecular weight is 490 g/mol. The van der Waals surface area contributed by atoms with Crippen LogP contribution in [0, 0.1) is 5.92 Å². The molecule has 0 amide bonds. The molecule has 0 aliphatic rings. The number of hydrogen-bond acceptors (Lipinski definition) is 9. The van der Waals surface area contributed by atoms with E-state index in [-0.39, 0.29) is 29.1 Å². The molecular weight excluding hydrogens is 462 g/mol. The fraction of sp³-hybridized carbons (Fsp3) is 0.348. The van der Waals surface area contributed by atoms with E-state index in [0.717, 1.165) is 0 Å². The van der Waals surface area contributed by atoms with Gasteiger partial charge in [0.2, 0.25) is 15.8 Å². The Labute approximate surface area is 198 Å². The topological polar surface area (TPSA) is 130 Å². The molecule has 1 heterocycles. The summed E-state index contributed by atoms with van der Waals surface area (Å²) in [6, 6.07) is 11.9. The summed E-state index contributed by atoms with van der Waals surface area (Å²) in [6.07, 6.45) is 0. The van der Waals surface area contributed by atoms with Crippen LogP contribution in [0.25, 0.3) is 11.4 Å². The zero-order valence-corrected chi connectivity index (χ0v) is 20.2. The summed E-state index contributed by atoms with van der Waals surface area (Å²) in [5.41, 5.74) is 0.637. The molecule has 0 spiro atoms. The smallest absolute Gasteiger partial charge is 0.324 e. The molecule has 34 heavy (non-hydrogen) atoms. The number of para-hydroxylation sites is 1. The van der Waals surface area contributed by atoms with Crippen molar-refractivity contribution in [3.8, 4) is 22.9 Å². The molecule has 2 aromatic carbocycles. The Hall–Kier alpha value is -3.44. The van der Waals surface area contributed by atoms with Crippen molar-refractivity contribution >= 4 is 16.0 Å². The monoisotopic (exact) mass is 489 g/mol. The molecule has 1 aromatic heterocycles. The standard InChI is InChI=1S/C23H27N3O7S/c1-5-31-19-9-7-6-8-18(19)22-24-20(33-25-22)14-32-23(27)21(15(2)3)26-34(28,29)17-12-10-16(30-4)11-13-17/h6-13,15,21,26H,5,14H2,1-4H3/t21-/m0/s1. The largest absolute Gasteiger partial charge is 0.497 e. The first-order valence-corrected chi connectivity index (χ1v) is 12.1. The van der Waals surface area contributed by atoms with Crippen molar-refractivity contribution in [1.29, 1.82) is 0 Å². The predicted octanol–water partition coefficient (Wildman–Crippen LogP) is 3.19. The van der Waals surface area contributed by atoms with Gasteiger partial charge in [0.15, 0.2) is 6.61 Å². The maximum Gasteiger partial charge on any atom is 0.324 e. The number of aromatic nitrogens is 2. The molecule has 10 nitrogen and oxygen atoms in total. The fourth-order valence-corrected chi connectivity index (χ4v) is 4.36. The third-order valence-electron chi connectivity index (χ3n) is 4.81. The molecule has 1 N–H and O–H groups in total. The summed E-state index contributed by atoms with van der Waals surface area (Å²) in [5.74, 6) is 0.327. The third kappa shape index (κ3) is 6.12. The Morgan fingerprint density at radius 1 is 1.12 bits per heavy atom. The second kappa shape index (κ2) is 11.1. The van der Waals surface area contributed by atoms with Gasteiger partial charge in [0.25, 0.3) is 5.89 Å². The lowest BCUT2D eigenvalue weighted by Gasteiger charge is -2.20. The van der Waals surface area contributed by atoms with E-state index in [2.05, 4.69) is 14.9 Å².